The van der Waals surface area contributed by atoms with Crippen molar-refractivity contribution in [3.05, 3.63) is 0 Å². The van der Waals surface area contributed by atoms with E-state index in [0.29, 0.717) is 11.5 Å². The number of hydrogen-bond donors (Lipinski definition) is 2. The van der Waals surface area contributed by atoms with Gasteiger partial charge in [-0.1, -0.05) is 13.8 Å². The molecular weight excluding hydrogens is 164 g/mol. The van der Waals surface area contributed by atoms with Crippen LogP contribution in [-0.2, 0) is 4.79 Å². The molecule has 0 radical (unpaired) electrons. The summed E-state index contributed by atoms with van der Waals surface area (Å²) in [6.07, 6.45) is 3.35. The molecule has 0 spiro atoms. The standard InChI is InChI=1S/C10H20N2O/c1-7(11)9(13)12-8-4-5-10(2,3)6-8/h7-8H,4-6,11H2,1-3H3,(H,12,13)/t7-,8?/m1/s1. The molecule has 0 saturated heterocycles. The van der Waals surface area contributed by atoms with Gasteiger partial charge in [-0.25, -0.2) is 0 Å². The van der Waals surface area contributed by atoms with Gasteiger partial charge in [0.05, 0.1) is 6.04 Å². The number of amides is 1. The summed E-state index contributed by atoms with van der Waals surface area (Å²) in [6, 6.07) is -0.0442. The number of carbonyl (C=O) groups is 1. The zero-order chi connectivity index (χ0) is 10.1. The fourth-order valence-corrected chi connectivity index (χ4v) is 1.89. The highest BCUT2D eigenvalue weighted by molar-refractivity contribution is 5.81. The largest absolute Gasteiger partial charge is 0.352 e. The summed E-state index contributed by atoms with van der Waals surface area (Å²) in [5.74, 6) is -0.0253. The van der Waals surface area contributed by atoms with E-state index in [-0.39, 0.29) is 11.9 Å². The van der Waals surface area contributed by atoms with Gasteiger partial charge in [0.1, 0.15) is 0 Å². The van der Waals surface area contributed by atoms with Crippen LogP contribution in [0, 0.1) is 5.41 Å². The minimum absolute atomic E-state index is 0.0253. The molecule has 0 aromatic heterocycles. The number of nitrogens with two attached hydrogens (primary N) is 1. The molecule has 1 aliphatic rings. The first kappa shape index (κ1) is 10.5. The van der Waals surface area contributed by atoms with Crippen molar-refractivity contribution in [2.24, 2.45) is 11.1 Å². The minimum atomic E-state index is -0.385. The van der Waals surface area contributed by atoms with E-state index in [1.807, 2.05) is 0 Å². The highest BCUT2D eigenvalue weighted by atomic mass is 16.2. The van der Waals surface area contributed by atoms with Crippen LogP contribution in [0.4, 0.5) is 0 Å². The molecule has 1 rings (SSSR count). The summed E-state index contributed by atoms with van der Waals surface area (Å²) < 4.78 is 0. The van der Waals surface area contributed by atoms with Crippen LogP contribution >= 0.6 is 0 Å². The van der Waals surface area contributed by atoms with E-state index in [9.17, 15) is 4.79 Å². The topological polar surface area (TPSA) is 55.1 Å². The number of carbonyl (C=O) groups excluding carboxylic acids is 1. The summed E-state index contributed by atoms with van der Waals surface area (Å²) in [7, 11) is 0. The Morgan fingerprint density at radius 2 is 2.23 bits per heavy atom. The summed E-state index contributed by atoms with van der Waals surface area (Å²) >= 11 is 0. The van der Waals surface area contributed by atoms with E-state index in [1.165, 1.54) is 6.42 Å². The molecule has 1 saturated carbocycles. The summed E-state index contributed by atoms with van der Waals surface area (Å²) in [5.41, 5.74) is 5.85. The van der Waals surface area contributed by atoms with Gasteiger partial charge in [-0.05, 0) is 31.6 Å². The Bertz CT molecular complexity index is 199. The Balaban J connectivity index is 2.37. The first-order chi connectivity index (χ1) is 5.91. The highest BCUT2D eigenvalue weighted by Gasteiger charge is 2.31. The first-order valence-electron chi connectivity index (χ1n) is 4.97. The maximum Gasteiger partial charge on any atom is 0.236 e. The van der Waals surface area contributed by atoms with E-state index in [4.69, 9.17) is 5.73 Å². The Morgan fingerprint density at radius 1 is 1.62 bits per heavy atom. The lowest BCUT2D eigenvalue weighted by Gasteiger charge is -2.18. The third-order valence-corrected chi connectivity index (χ3v) is 2.73. The second-order valence-electron chi connectivity index (χ2n) is 4.90. The van der Waals surface area contributed by atoms with E-state index >= 15 is 0 Å². The van der Waals surface area contributed by atoms with Crippen LogP contribution < -0.4 is 11.1 Å². The van der Waals surface area contributed by atoms with Crippen LogP contribution in [0.1, 0.15) is 40.0 Å². The van der Waals surface area contributed by atoms with E-state index in [2.05, 4.69) is 19.2 Å². The third-order valence-electron chi connectivity index (χ3n) is 2.73. The summed E-state index contributed by atoms with van der Waals surface area (Å²) in [5, 5.41) is 2.97. The molecule has 0 heterocycles. The zero-order valence-electron chi connectivity index (χ0n) is 8.76. The Morgan fingerprint density at radius 3 is 2.62 bits per heavy atom. The molecule has 1 unspecified atom stereocenters. The van der Waals surface area contributed by atoms with Crippen molar-refractivity contribution in [2.45, 2.75) is 52.1 Å². The Labute approximate surface area is 80.1 Å². The SMILES string of the molecule is C[C@@H](N)C(=O)NC1CCC(C)(C)C1. The molecule has 76 valence electrons. The summed E-state index contributed by atoms with van der Waals surface area (Å²) in [6.45, 7) is 6.20. The molecule has 0 aromatic rings. The molecule has 3 N–H and O–H groups in total. The van der Waals surface area contributed by atoms with Crippen LogP contribution in [0.2, 0.25) is 0 Å². The minimum Gasteiger partial charge on any atom is -0.352 e. The quantitative estimate of drug-likeness (QED) is 0.673. The molecule has 0 aliphatic heterocycles. The van der Waals surface area contributed by atoms with Gasteiger partial charge in [-0.3, -0.25) is 4.79 Å². The second-order valence-corrected chi connectivity index (χ2v) is 4.90. The van der Waals surface area contributed by atoms with Crippen molar-refractivity contribution in [3.63, 3.8) is 0 Å². The van der Waals surface area contributed by atoms with Crippen molar-refractivity contribution in [2.75, 3.05) is 0 Å². The number of rotatable bonds is 2. The second kappa shape index (κ2) is 3.66. The van der Waals surface area contributed by atoms with Crippen molar-refractivity contribution >= 4 is 5.91 Å². The maximum atomic E-state index is 11.3. The smallest absolute Gasteiger partial charge is 0.236 e. The van der Waals surface area contributed by atoms with Gasteiger partial charge in [0, 0.05) is 6.04 Å². The number of nitrogens with one attached hydrogen (secondary N) is 1. The molecular formula is C10H20N2O. The molecule has 1 amide bonds. The van der Waals surface area contributed by atoms with Crippen LogP contribution in [0.3, 0.4) is 0 Å². The predicted octanol–water partition coefficient (Wildman–Crippen LogP) is 1.03. The highest BCUT2D eigenvalue weighted by Crippen LogP contribution is 2.36. The molecule has 13 heavy (non-hydrogen) atoms. The lowest BCUT2D eigenvalue weighted by Crippen LogP contribution is -2.43. The molecule has 1 aliphatic carbocycles. The van der Waals surface area contributed by atoms with Gasteiger partial charge in [-0.15, -0.1) is 0 Å². The molecule has 3 nitrogen and oxygen atoms in total. The van der Waals surface area contributed by atoms with Crippen LogP contribution in [0.25, 0.3) is 0 Å². The van der Waals surface area contributed by atoms with Gasteiger partial charge in [0.2, 0.25) is 5.91 Å². The lowest BCUT2D eigenvalue weighted by atomic mass is 9.92. The molecule has 0 aromatic carbocycles. The van der Waals surface area contributed by atoms with Gasteiger partial charge in [0.25, 0.3) is 0 Å². The first-order valence-corrected chi connectivity index (χ1v) is 4.97. The van der Waals surface area contributed by atoms with Crippen LogP contribution in [0.15, 0.2) is 0 Å². The lowest BCUT2D eigenvalue weighted by molar-refractivity contribution is -0.122. The monoisotopic (exact) mass is 184 g/mol. The van der Waals surface area contributed by atoms with Crippen molar-refractivity contribution < 1.29 is 4.79 Å². The van der Waals surface area contributed by atoms with Gasteiger partial charge < -0.3 is 11.1 Å². The van der Waals surface area contributed by atoms with Crippen LogP contribution in [-0.4, -0.2) is 18.0 Å². The van der Waals surface area contributed by atoms with E-state index in [0.717, 1.165) is 12.8 Å². The average molecular weight is 184 g/mol. The van der Waals surface area contributed by atoms with Crippen molar-refractivity contribution in [1.29, 1.82) is 0 Å². The zero-order valence-corrected chi connectivity index (χ0v) is 8.76. The van der Waals surface area contributed by atoms with E-state index < -0.39 is 0 Å². The van der Waals surface area contributed by atoms with Crippen molar-refractivity contribution in [1.82, 2.24) is 5.32 Å². The fraction of sp³-hybridized carbons (Fsp3) is 0.900. The predicted molar refractivity (Wildman–Crippen MR) is 53.2 cm³/mol. The Hall–Kier alpha value is -0.570. The van der Waals surface area contributed by atoms with E-state index in [1.54, 1.807) is 6.92 Å². The molecule has 0 bridgehead atoms. The average Bonchev–Trinajstić information content (AvgIpc) is 2.30. The number of hydrogen-bond acceptors (Lipinski definition) is 2. The molecule has 1 fully saturated rings. The summed E-state index contributed by atoms with van der Waals surface area (Å²) in [4.78, 5) is 11.3. The maximum absolute atomic E-state index is 11.3. The fourth-order valence-electron chi connectivity index (χ4n) is 1.89. The Kier molecular flexibility index (Phi) is 2.96. The van der Waals surface area contributed by atoms with Gasteiger partial charge >= 0.3 is 0 Å². The van der Waals surface area contributed by atoms with Gasteiger partial charge in [-0.2, -0.15) is 0 Å². The normalized spacial score (nSPS) is 28.5. The van der Waals surface area contributed by atoms with Crippen LogP contribution in [0.5, 0.6) is 0 Å². The third kappa shape index (κ3) is 2.99. The van der Waals surface area contributed by atoms with Crippen molar-refractivity contribution in [3.8, 4) is 0 Å². The molecule has 3 heteroatoms. The van der Waals surface area contributed by atoms with Gasteiger partial charge in [0.15, 0.2) is 0 Å². The molecule has 2 atom stereocenters.